The first-order valence-electron chi connectivity index (χ1n) is 14.8. The number of likely N-dealkylation sites (N-methyl/N-ethyl adjacent to an activating group) is 2. The van der Waals surface area contributed by atoms with Gasteiger partial charge in [-0.1, -0.05) is 46.1 Å². The fourth-order valence-electron chi connectivity index (χ4n) is 6.44. The number of hydrogen-bond donors (Lipinski definition) is 1. The van der Waals surface area contributed by atoms with Gasteiger partial charge < -0.3 is 20.4 Å². The van der Waals surface area contributed by atoms with Gasteiger partial charge in [0, 0.05) is 76.0 Å². The Kier molecular flexibility index (Phi) is 11.1. The van der Waals surface area contributed by atoms with Crippen LogP contribution >= 0.6 is 0 Å². The maximum atomic E-state index is 14.5. The van der Waals surface area contributed by atoms with Crippen molar-refractivity contribution >= 4 is 6.21 Å². The quantitative estimate of drug-likeness (QED) is 0.254. The van der Waals surface area contributed by atoms with Gasteiger partial charge in [-0.2, -0.15) is 0 Å². The Morgan fingerprint density at radius 1 is 1.17 bits per heavy atom. The van der Waals surface area contributed by atoms with Crippen molar-refractivity contribution in [1.29, 1.82) is 0 Å². The van der Waals surface area contributed by atoms with Crippen molar-refractivity contribution in [2.45, 2.75) is 65.8 Å². The van der Waals surface area contributed by atoms with Crippen molar-refractivity contribution in [2.75, 3.05) is 34.7 Å². The molecule has 3 rings (SSSR count). The third-order valence-corrected chi connectivity index (χ3v) is 8.45. The summed E-state index contributed by atoms with van der Waals surface area (Å²) in [5.41, 5.74) is 11.9. The van der Waals surface area contributed by atoms with Crippen LogP contribution in [0.1, 0.15) is 53.4 Å². The summed E-state index contributed by atoms with van der Waals surface area (Å²) >= 11 is 0. The molecular weight excluding hydrogens is 516 g/mol. The SMILES string of the molecule is C=CN(C)C1=CC(N2CCCC3=C2C=C(C(F)F)C(C(C=NC)=CN)C3)CC(C#CC(C(C)C)C(C)C)=C1N(C)C. The van der Waals surface area contributed by atoms with E-state index in [2.05, 4.69) is 67.0 Å². The molecule has 1 aliphatic heterocycles. The number of halogens is 2. The number of hydrogen-bond acceptors (Lipinski definition) is 5. The van der Waals surface area contributed by atoms with Crippen LogP contribution in [0.4, 0.5) is 8.78 Å². The minimum Gasteiger partial charge on any atom is -0.404 e. The van der Waals surface area contributed by atoms with Crippen LogP contribution in [0.25, 0.3) is 0 Å². The molecule has 224 valence electrons. The van der Waals surface area contributed by atoms with E-state index in [0.29, 0.717) is 30.3 Å². The summed E-state index contributed by atoms with van der Waals surface area (Å²) in [6, 6.07) is -0.0179. The minimum atomic E-state index is -2.58. The van der Waals surface area contributed by atoms with Crippen molar-refractivity contribution in [3.05, 3.63) is 70.5 Å². The Hall–Kier alpha value is -3.27. The lowest BCUT2D eigenvalue weighted by Crippen LogP contribution is -2.41. The van der Waals surface area contributed by atoms with Gasteiger partial charge in [0.05, 0.1) is 17.4 Å². The summed E-state index contributed by atoms with van der Waals surface area (Å²) in [6.45, 7) is 13.7. The van der Waals surface area contributed by atoms with Crippen molar-refractivity contribution in [1.82, 2.24) is 14.7 Å². The van der Waals surface area contributed by atoms with E-state index in [4.69, 9.17) is 5.73 Å². The molecule has 2 atom stereocenters. The molecule has 1 heterocycles. The highest BCUT2D eigenvalue weighted by Gasteiger charge is 2.36. The number of alkyl halides is 2. The van der Waals surface area contributed by atoms with Gasteiger partial charge in [-0.15, -0.1) is 0 Å². The van der Waals surface area contributed by atoms with Gasteiger partial charge in [0.25, 0.3) is 6.43 Å². The summed E-state index contributed by atoms with van der Waals surface area (Å²) in [7, 11) is 7.73. The fraction of sp³-hybridized carbons (Fsp3) is 0.559. The number of aliphatic imine (C=N–C) groups is 1. The highest BCUT2D eigenvalue weighted by molar-refractivity contribution is 5.80. The van der Waals surface area contributed by atoms with E-state index in [-0.39, 0.29) is 17.5 Å². The molecule has 2 N–H and O–H groups in total. The van der Waals surface area contributed by atoms with Crippen LogP contribution in [0.15, 0.2) is 75.5 Å². The molecule has 0 saturated heterocycles. The molecule has 7 heteroatoms. The predicted octanol–water partition coefficient (Wildman–Crippen LogP) is 6.57. The second kappa shape index (κ2) is 14.1. The van der Waals surface area contributed by atoms with Crippen molar-refractivity contribution in [3.63, 3.8) is 0 Å². The number of nitrogens with zero attached hydrogens (tertiary/aromatic N) is 4. The maximum Gasteiger partial charge on any atom is 0.260 e. The number of allylic oxidation sites excluding steroid dienone is 4. The fourth-order valence-corrected chi connectivity index (χ4v) is 6.44. The van der Waals surface area contributed by atoms with Gasteiger partial charge in [-0.3, -0.25) is 4.99 Å². The summed E-state index contributed by atoms with van der Waals surface area (Å²) < 4.78 is 28.9. The molecule has 0 radical (unpaired) electrons. The lowest BCUT2D eigenvalue weighted by atomic mass is 9.78. The summed E-state index contributed by atoms with van der Waals surface area (Å²) in [5.74, 6) is 7.94. The second-order valence-electron chi connectivity index (χ2n) is 12.2. The Morgan fingerprint density at radius 3 is 2.39 bits per heavy atom. The molecule has 0 amide bonds. The zero-order valence-electron chi connectivity index (χ0n) is 26.2. The van der Waals surface area contributed by atoms with Crippen LogP contribution < -0.4 is 5.73 Å². The Morgan fingerprint density at radius 2 is 1.85 bits per heavy atom. The van der Waals surface area contributed by atoms with Crippen LogP contribution in [-0.4, -0.2) is 68.1 Å². The number of rotatable bonds is 9. The first-order chi connectivity index (χ1) is 19.4. The van der Waals surface area contributed by atoms with E-state index in [1.807, 2.05) is 32.2 Å². The summed E-state index contributed by atoms with van der Waals surface area (Å²) in [4.78, 5) is 10.6. The average molecular weight is 566 g/mol. The maximum absolute atomic E-state index is 14.5. The lowest BCUT2D eigenvalue weighted by Gasteiger charge is -2.43. The highest BCUT2D eigenvalue weighted by Crippen LogP contribution is 2.43. The van der Waals surface area contributed by atoms with Gasteiger partial charge in [-0.05, 0) is 66.8 Å². The molecule has 0 bridgehead atoms. The smallest absolute Gasteiger partial charge is 0.260 e. The van der Waals surface area contributed by atoms with Crippen LogP contribution in [0.2, 0.25) is 0 Å². The lowest BCUT2D eigenvalue weighted by molar-refractivity contribution is 0.174. The Labute approximate surface area is 246 Å². The normalized spacial score (nSPS) is 21.9. The molecule has 2 aliphatic carbocycles. The van der Waals surface area contributed by atoms with E-state index in [9.17, 15) is 8.78 Å². The third kappa shape index (κ3) is 7.15. The zero-order valence-corrected chi connectivity index (χ0v) is 26.2. The van der Waals surface area contributed by atoms with Crippen LogP contribution in [0.3, 0.4) is 0 Å². The van der Waals surface area contributed by atoms with Gasteiger partial charge in [0.2, 0.25) is 0 Å². The summed E-state index contributed by atoms with van der Waals surface area (Å²) in [6.07, 6.45) is 9.36. The topological polar surface area (TPSA) is 48.1 Å². The van der Waals surface area contributed by atoms with E-state index in [1.54, 1.807) is 19.3 Å². The molecule has 0 fully saturated rings. The largest absolute Gasteiger partial charge is 0.404 e. The zero-order chi connectivity index (χ0) is 30.4. The van der Waals surface area contributed by atoms with E-state index < -0.39 is 12.3 Å². The highest BCUT2D eigenvalue weighted by atomic mass is 19.3. The van der Waals surface area contributed by atoms with E-state index in [0.717, 1.165) is 42.1 Å². The van der Waals surface area contributed by atoms with Crippen molar-refractivity contribution in [2.24, 2.45) is 34.4 Å². The first kappa shape index (κ1) is 32.2. The van der Waals surface area contributed by atoms with Crippen LogP contribution in [0.5, 0.6) is 0 Å². The molecule has 0 aromatic carbocycles. The molecule has 0 aromatic heterocycles. The molecule has 0 spiro atoms. The molecular formula is C34H49F2N5. The number of nitrogens with two attached hydrogens (primary N) is 1. The van der Waals surface area contributed by atoms with Crippen molar-refractivity contribution in [3.8, 4) is 11.8 Å². The van der Waals surface area contributed by atoms with E-state index in [1.165, 1.54) is 11.8 Å². The van der Waals surface area contributed by atoms with Gasteiger partial charge >= 0.3 is 0 Å². The first-order valence-corrected chi connectivity index (χ1v) is 14.8. The van der Waals surface area contributed by atoms with Crippen LogP contribution in [-0.2, 0) is 0 Å². The molecule has 0 aromatic rings. The third-order valence-electron chi connectivity index (χ3n) is 8.45. The summed E-state index contributed by atoms with van der Waals surface area (Å²) in [5, 5.41) is 0. The van der Waals surface area contributed by atoms with Gasteiger partial charge in [0.1, 0.15) is 0 Å². The van der Waals surface area contributed by atoms with Gasteiger partial charge in [0.15, 0.2) is 0 Å². The van der Waals surface area contributed by atoms with Crippen molar-refractivity contribution < 1.29 is 8.78 Å². The van der Waals surface area contributed by atoms with E-state index >= 15 is 0 Å². The minimum absolute atomic E-state index is 0.0179. The molecule has 5 nitrogen and oxygen atoms in total. The average Bonchev–Trinajstić information content (AvgIpc) is 2.93. The Bertz CT molecular complexity index is 1210. The second-order valence-corrected chi connectivity index (χ2v) is 12.2. The molecule has 2 unspecified atom stereocenters. The molecule has 3 aliphatic rings. The molecule has 0 saturated carbocycles. The predicted molar refractivity (Wildman–Crippen MR) is 168 cm³/mol. The Balaban J connectivity index is 2.12. The molecule has 41 heavy (non-hydrogen) atoms. The monoisotopic (exact) mass is 565 g/mol. The van der Waals surface area contributed by atoms with Crippen LogP contribution in [0, 0.1) is 35.5 Å². The van der Waals surface area contributed by atoms with Gasteiger partial charge in [-0.25, -0.2) is 8.78 Å². The standard InChI is InChI=1S/C34H49F2N5/c1-10-40(9)32-18-27(16-25(33(32)39(7)8)13-14-28(22(2)3)23(4)5)41-15-11-12-24-17-29(26(20-37)21-38-6)30(34(35)36)19-31(24)41/h10,18-23,27-29,34H,1,11-12,15-17,37H2,2-9H3.